The molecule has 0 amide bonds. The van der Waals surface area contributed by atoms with E-state index in [1.165, 1.54) is 6.07 Å². The predicted octanol–water partition coefficient (Wildman–Crippen LogP) is 1.90. The number of sulfonamides is 1. The summed E-state index contributed by atoms with van der Waals surface area (Å²) < 4.78 is 26.3. The van der Waals surface area contributed by atoms with Gasteiger partial charge in [-0.2, -0.15) is 0 Å². The average Bonchev–Trinajstić information content (AvgIpc) is 2.33. The summed E-state index contributed by atoms with van der Waals surface area (Å²) in [5, 5.41) is 18.4. The Balaban J connectivity index is 2.34. The molecule has 5 nitrogen and oxygen atoms in total. The molecule has 2 aromatic rings. The molecule has 6 heteroatoms. The first-order valence-corrected chi connectivity index (χ1v) is 6.57. The third-order valence-electron chi connectivity index (χ3n) is 2.28. The third kappa shape index (κ3) is 2.54. The van der Waals surface area contributed by atoms with E-state index in [4.69, 9.17) is 5.11 Å². The van der Waals surface area contributed by atoms with E-state index in [9.17, 15) is 13.5 Å². The summed E-state index contributed by atoms with van der Waals surface area (Å²) in [5.74, 6) is -0.848. The lowest BCUT2D eigenvalue weighted by atomic mass is 10.3. The van der Waals surface area contributed by atoms with E-state index in [-0.39, 0.29) is 10.6 Å². The molecule has 2 aromatic carbocycles. The number of hydrogen-bond acceptors (Lipinski definition) is 4. The molecule has 0 radical (unpaired) electrons. The molecule has 3 N–H and O–H groups in total. The number of phenols is 2. The molecular formula is C12H11NO4S. The first-order valence-electron chi connectivity index (χ1n) is 5.09. The molecule has 0 spiro atoms. The summed E-state index contributed by atoms with van der Waals surface area (Å²) in [7, 11) is -3.77. The van der Waals surface area contributed by atoms with Crippen molar-refractivity contribution >= 4 is 15.7 Å². The van der Waals surface area contributed by atoms with E-state index >= 15 is 0 Å². The van der Waals surface area contributed by atoms with E-state index in [1.54, 1.807) is 30.3 Å². The Morgan fingerprint density at radius 1 is 0.889 bits per heavy atom. The van der Waals surface area contributed by atoms with Crippen LogP contribution in [-0.2, 0) is 10.0 Å². The van der Waals surface area contributed by atoms with Gasteiger partial charge in [-0.1, -0.05) is 18.2 Å². The van der Waals surface area contributed by atoms with Crippen molar-refractivity contribution in [2.24, 2.45) is 0 Å². The van der Waals surface area contributed by atoms with Crippen LogP contribution in [0.2, 0.25) is 0 Å². The first kappa shape index (κ1) is 12.3. The number of para-hydroxylation sites is 1. The molecule has 18 heavy (non-hydrogen) atoms. The summed E-state index contributed by atoms with van der Waals surface area (Å²) >= 11 is 0. The van der Waals surface area contributed by atoms with Gasteiger partial charge >= 0.3 is 0 Å². The van der Waals surface area contributed by atoms with E-state index in [0.29, 0.717) is 5.69 Å². The van der Waals surface area contributed by atoms with Crippen LogP contribution in [0.15, 0.2) is 53.4 Å². The molecule has 0 saturated heterocycles. The maximum atomic E-state index is 12.0. The van der Waals surface area contributed by atoms with Crippen molar-refractivity contribution in [3.8, 4) is 11.5 Å². The highest BCUT2D eigenvalue weighted by Crippen LogP contribution is 2.27. The SMILES string of the molecule is O=S(=O)(Nc1ccccc1)c1ccc(O)c(O)c1. The minimum Gasteiger partial charge on any atom is -0.504 e. The Labute approximate surface area is 104 Å². The Hall–Kier alpha value is -2.21. The highest BCUT2D eigenvalue weighted by molar-refractivity contribution is 7.92. The van der Waals surface area contributed by atoms with Crippen LogP contribution in [0.5, 0.6) is 11.5 Å². The molecule has 0 aromatic heterocycles. The zero-order valence-corrected chi connectivity index (χ0v) is 10.1. The molecule has 0 saturated carbocycles. The van der Waals surface area contributed by atoms with Crippen LogP contribution >= 0.6 is 0 Å². The van der Waals surface area contributed by atoms with Crippen molar-refractivity contribution in [2.75, 3.05) is 4.72 Å². The highest BCUT2D eigenvalue weighted by atomic mass is 32.2. The van der Waals surface area contributed by atoms with Crippen LogP contribution < -0.4 is 4.72 Å². The van der Waals surface area contributed by atoms with Crippen molar-refractivity contribution in [2.45, 2.75) is 4.90 Å². The monoisotopic (exact) mass is 265 g/mol. The fourth-order valence-electron chi connectivity index (χ4n) is 1.39. The minimum atomic E-state index is -3.77. The lowest BCUT2D eigenvalue weighted by Gasteiger charge is -2.08. The fourth-order valence-corrected chi connectivity index (χ4v) is 2.47. The Morgan fingerprint density at radius 2 is 1.56 bits per heavy atom. The Bertz CT molecular complexity index is 653. The van der Waals surface area contributed by atoms with Gasteiger partial charge in [-0.05, 0) is 24.3 Å². The number of phenolic OH excluding ortho intramolecular Hbond substituents is 2. The van der Waals surface area contributed by atoms with E-state index in [2.05, 4.69) is 4.72 Å². The average molecular weight is 265 g/mol. The van der Waals surface area contributed by atoms with Crippen LogP contribution in [0, 0.1) is 0 Å². The number of anilines is 1. The summed E-state index contributed by atoms with van der Waals surface area (Å²) in [6.45, 7) is 0. The smallest absolute Gasteiger partial charge is 0.262 e. The lowest BCUT2D eigenvalue weighted by Crippen LogP contribution is -2.12. The number of nitrogens with one attached hydrogen (secondary N) is 1. The van der Waals surface area contributed by atoms with E-state index in [1.807, 2.05) is 0 Å². The van der Waals surface area contributed by atoms with E-state index in [0.717, 1.165) is 12.1 Å². The first-order chi connectivity index (χ1) is 8.49. The standard InChI is InChI=1S/C12H11NO4S/c14-11-7-6-10(8-12(11)15)18(16,17)13-9-4-2-1-3-5-9/h1-8,13-15H. The van der Waals surface area contributed by atoms with Gasteiger partial charge in [0.05, 0.1) is 4.90 Å². The van der Waals surface area contributed by atoms with Gasteiger partial charge in [0, 0.05) is 11.8 Å². The lowest BCUT2D eigenvalue weighted by molar-refractivity contribution is 0.402. The topological polar surface area (TPSA) is 86.6 Å². The summed E-state index contributed by atoms with van der Waals surface area (Å²) in [4.78, 5) is -0.123. The molecule has 0 aliphatic heterocycles. The Morgan fingerprint density at radius 3 is 2.17 bits per heavy atom. The van der Waals surface area contributed by atoms with Crippen molar-refractivity contribution in [3.05, 3.63) is 48.5 Å². The molecule has 0 aliphatic carbocycles. The zero-order valence-electron chi connectivity index (χ0n) is 9.24. The molecule has 0 heterocycles. The second-order valence-corrected chi connectivity index (χ2v) is 5.30. The zero-order chi connectivity index (χ0) is 13.2. The molecule has 0 fully saturated rings. The number of aromatic hydroxyl groups is 2. The molecule has 0 aliphatic rings. The van der Waals surface area contributed by atoms with Gasteiger partial charge in [-0.25, -0.2) is 8.42 Å². The van der Waals surface area contributed by atoms with E-state index < -0.39 is 15.8 Å². The molecule has 0 unspecified atom stereocenters. The molecular weight excluding hydrogens is 254 g/mol. The third-order valence-corrected chi connectivity index (χ3v) is 3.66. The van der Waals surface area contributed by atoms with Gasteiger partial charge < -0.3 is 10.2 Å². The summed E-state index contributed by atoms with van der Waals surface area (Å²) in [6.07, 6.45) is 0. The number of rotatable bonds is 3. The summed E-state index contributed by atoms with van der Waals surface area (Å²) in [5.41, 5.74) is 0.421. The second kappa shape index (κ2) is 4.58. The summed E-state index contributed by atoms with van der Waals surface area (Å²) in [6, 6.07) is 11.7. The van der Waals surface area contributed by atoms with Crippen LogP contribution in [0.3, 0.4) is 0 Å². The van der Waals surface area contributed by atoms with Gasteiger partial charge in [0.2, 0.25) is 0 Å². The quantitative estimate of drug-likeness (QED) is 0.740. The van der Waals surface area contributed by atoms with Gasteiger partial charge in [0.1, 0.15) is 0 Å². The number of benzene rings is 2. The Kier molecular flexibility index (Phi) is 3.12. The van der Waals surface area contributed by atoms with Crippen molar-refractivity contribution < 1.29 is 18.6 Å². The maximum absolute atomic E-state index is 12.0. The van der Waals surface area contributed by atoms with Gasteiger partial charge in [-0.15, -0.1) is 0 Å². The van der Waals surface area contributed by atoms with Gasteiger partial charge in [-0.3, -0.25) is 4.72 Å². The van der Waals surface area contributed by atoms with Crippen LogP contribution in [0.4, 0.5) is 5.69 Å². The molecule has 94 valence electrons. The predicted molar refractivity (Wildman–Crippen MR) is 67.0 cm³/mol. The van der Waals surface area contributed by atoms with Crippen molar-refractivity contribution in [3.63, 3.8) is 0 Å². The fraction of sp³-hybridized carbons (Fsp3) is 0. The van der Waals surface area contributed by atoms with Gasteiger partial charge in [0.15, 0.2) is 11.5 Å². The van der Waals surface area contributed by atoms with Crippen molar-refractivity contribution in [1.29, 1.82) is 0 Å². The molecule has 0 bridgehead atoms. The van der Waals surface area contributed by atoms with Crippen LogP contribution in [0.1, 0.15) is 0 Å². The van der Waals surface area contributed by atoms with Gasteiger partial charge in [0.25, 0.3) is 10.0 Å². The maximum Gasteiger partial charge on any atom is 0.262 e. The second-order valence-electron chi connectivity index (χ2n) is 3.62. The largest absolute Gasteiger partial charge is 0.504 e. The minimum absolute atomic E-state index is 0.123. The molecule has 0 atom stereocenters. The highest BCUT2D eigenvalue weighted by Gasteiger charge is 2.15. The molecule has 2 rings (SSSR count). The van der Waals surface area contributed by atoms with Crippen molar-refractivity contribution in [1.82, 2.24) is 0 Å². The van der Waals surface area contributed by atoms with Crippen LogP contribution in [-0.4, -0.2) is 18.6 Å². The number of hydrogen-bond donors (Lipinski definition) is 3. The normalized spacial score (nSPS) is 11.1. The van der Waals surface area contributed by atoms with Crippen LogP contribution in [0.25, 0.3) is 0 Å².